The molecule has 0 unspecified atom stereocenters. The molecule has 42 heavy (non-hydrogen) atoms. The predicted molar refractivity (Wildman–Crippen MR) is 155 cm³/mol. The minimum atomic E-state index is -0.838. The first kappa shape index (κ1) is 26.7. The first-order chi connectivity index (χ1) is 20.3. The largest absolute Gasteiger partial charge is 0.388 e. The SMILES string of the molecule is Cc1cc(Cl)c(NC(=O)c2cnn3ccc(-c4cn(CC5(O)CCOCC5)nc4C)cc23)cc1-c1nnn(C2CC2)n1. The highest BCUT2D eigenvalue weighted by molar-refractivity contribution is 6.34. The van der Waals surface area contributed by atoms with E-state index in [1.807, 2.05) is 38.4 Å². The topological polar surface area (TPSA) is 137 Å². The van der Waals surface area contributed by atoms with Gasteiger partial charge in [0.05, 0.1) is 51.9 Å². The Morgan fingerprint density at radius 2 is 1.98 bits per heavy atom. The number of halogens is 1. The number of hydrogen-bond acceptors (Lipinski definition) is 8. The summed E-state index contributed by atoms with van der Waals surface area (Å²) in [6, 6.07) is 7.74. The monoisotopic (exact) mass is 587 g/mol. The molecule has 12 nitrogen and oxygen atoms in total. The summed E-state index contributed by atoms with van der Waals surface area (Å²) in [4.78, 5) is 15.2. The molecule has 1 amide bonds. The zero-order valence-electron chi connectivity index (χ0n) is 23.3. The van der Waals surface area contributed by atoms with Crippen molar-refractivity contribution >= 4 is 28.7 Å². The maximum absolute atomic E-state index is 13.5. The molecule has 5 aromatic rings. The van der Waals surface area contributed by atoms with Crippen molar-refractivity contribution in [3.8, 4) is 22.5 Å². The number of benzene rings is 1. The van der Waals surface area contributed by atoms with Crippen LogP contribution in [0.25, 0.3) is 28.0 Å². The highest BCUT2D eigenvalue weighted by Crippen LogP contribution is 2.35. The van der Waals surface area contributed by atoms with Crippen LogP contribution in [0.4, 0.5) is 5.69 Å². The van der Waals surface area contributed by atoms with E-state index >= 15 is 0 Å². The standard InChI is InChI=1S/C29H30ClN9O3/c1-17-11-24(30)25(13-21(17)27-33-36-39(35-27)20-3-4-20)32-28(40)22-14-31-38-8-5-19(12-26(22)38)23-15-37(34-18(23)2)16-29(41)6-9-42-10-7-29/h5,8,11-15,20,41H,3-4,6-7,9-10,16H2,1-2H3,(H,32,40). The van der Waals surface area contributed by atoms with Gasteiger partial charge in [0.1, 0.15) is 0 Å². The number of fused-ring (bicyclic) bond motifs is 1. The van der Waals surface area contributed by atoms with E-state index in [1.165, 1.54) is 6.20 Å². The molecule has 2 aliphatic rings. The maximum atomic E-state index is 13.5. The van der Waals surface area contributed by atoms with Gasteiger partial charge in [0, 0.05) is 49.6 Å². The lowest BCUT2D eigenvalue weighted by Crippen LogP contribution is -2.40. The predicted octanol–water partition coefficient (Wildman–Crippen LogP) is 4.25. The van der Waals surface area contributed by atoms with Gasteiger partial charge >= 0.3 is 0 Å². The van der Waals surface area contributed by atoms with Gasteiger partial charge in [-0.1, -0.05) is 11.6 Å². The molecule has 4 aromatic heterocycles. The van der Waals surface area contributed by atoms with E-state index in [4.69, 9.17) is 16.3 Å². The number of aryl methyl sites for hydroxylation is 2. The molecule has 0 atom stereocenters. The molecule has 5 heterocycles. The van der Waals surface area contributed by atoms with Gasteiger partial charge < -0.3 is 15.2 Å². The number of carbonyl (C=O) groups excluding carboxylic acids is 1. The summed E-state index contributed by atoms with van der Waals surface area (Å²) in [5, 5.41) is 36.3. The van der Waals surface area contributed by atoms with Crippen LogP contribution >= 0.6 is 11.6 Å². The van der Waals surface area contributed by atoms with Crippen LogP contribution in [0.5, 0.6) is 0 Å². The number of ether oxygens (including phenoxy) is 1. The van der Waals surface area contributed by atoms with E-state index in [2.05, 4.69) is 30.9 Å². The van der Waals surface area contributed by atoms with Crippen molar-refractivity contribution in [2.24, 2.45) is 0 Å². The number of rotatable bonds is 7. The first-order valence-electron chi connectivity index (χ1n) is 14.0. The number of aliphatic hydroxyl groups is 1. The molecular weight excluding hydrogens is 558 g/mol. The third-order valence-electron chi connectivity index (χ3n) is 8.01. The summed E-state index contributed by atoms with van der Waals surface area (Å²) in [6.07, 6.45) is 8.55. The number of anilines is 1. The van der Waals surface area contributed by atoms with Crippen LogP contribution in [0.1, 0.15) is 53.3 Å². The number of nitrogens with one attached hydrogen (secondary N) is 1. The Kier molecular flexibility index (Phi) is 6.56. The summed E-state index contributed by atoms with van der Waals surface area (Å²) in [5.41, 5.74) is 4.91. The van der Waals surface area contributed by atoms with Crippen LogP contribution in [-0.2, 0) is 11.3 Å². The molecule has 216 valence electrons. The third kappa shape index (κ3) is 5.06. The van der Waals surface area contributed by atoms with Crippen LogP contribution in [0, 0.1) is 13.8 Å². The molecule has 1 saturated heterocycles. The van der Waals surface area contributed by atoms with E-state index in [9.17, 15) is 9.90 Å². The molecular formula is C29H30ClN9O3. The van der Waals surface area contributed by atoms with Gasteiger partial charge in [-0.25, -0.2) is 4.52 Å². The average Bonchev–Trinajstić information content (AvgIpc) is 3.36. The lowest BCUT2D eigenvalue weighted by atomic mass is 9.94. The molecule has 1 aliphatic heterocycles. The maximum Gasteiger partial charge on any atom is 0.259 e. The molecule has 1 aliphatic carbocycles. The minimum Gasteiger partial charge on any atom is -0.388 e. The summed E-state index contributed by atoms with van der Waals surface area (Å²) in [7, 11) is 0. The van der Waals surface area contributed by atoms with Crippen LogP contribution in [-0.4, -0.2) is 69.4 Å². The van der Waals surface area contributed by atoms with Gasteiger partial charge in [-0.05, 0) is 67.3 Å². The second-order valence-corrected chi connectivity index (χ2v) is 11.6. The molecule has 0 spiro atoms. The van der Waals surface area contributed by atoms with Crippen molar-refractivity contribution in [2.75, 3.05) is 18.5 Å². The second kappa shape index (κ2) is 10.3. The van der Waals surface area contributed by atoms with Gasteiger partial charge in [-0.3, -0.25) is 9.48 Å². The van der Waals surface area contributed by atoms with Gasteiger partial charge in [-0.15, -0.1) is 10.2 Å². The highest BCUT2D eigenvalue weighted by Gasteiger charge is 2.31. The lowest BCUT2D eigenvalue weighted by Gasteiger charge is -2.31. The normalized spacial score (nSPS) is 16.7. The van der Waals surface area contributed by atoms with Crippen molar-refractivity contribution < 1.29 is 14.6 Å². The number of aromatic nitrogens is 8. The van der Waals surface area contributed by atoms with E-state index in [0.717, 1.165) is 40.8 Å². The molecule has 7 rings (SSSR count). The van der Waals surface area contributed by atoms with Crippen LogP contribution in [0.3, 0.4) is 0 Å². The van der Waals surface area contributed by atoms with Crippen molar-refractivity contribution in [2.45, 2.75) is 57.7 Å². The Morgan fingerprint density at radius 1 is 1.17 bits per heavy atom. The number of carbonyl (C=O) groups is 1. The van der Waals surface area contributed by atoms with E-state index < -0.39 is 5.60 Å². The smallest absolute Gasteiger partial charge is 0.259 e. The van der Waals surface area contributed by atoms with Crippen molar-refractivity contribution in [3.05, 3.63) is 64.7 Å². The van der Waals surface area contributed by atoms with Crippen molar-refractivity contribution in [1.82, 2.24) is 39.6 Å². The Balaban J connectivity index is 1.15. The number of tetrazole rings is 1. The van der Waals surface area contributed by atoms with E-state index in [-0.39, 0.29) is 5.91 Å². The van der Waals surface area contributed by atoms with Gasteiger partial charge in [0.2, 0.25) is 5.82 Å². The minimum absolute atomic E-state index is 0.315. The average molecular weight is 588 g/mol. The summed E-state index contributed by atoms with van der Waals surface area (Å²) >= 11 is 6.55. The summed E-state index contributed by atoms with van der Waals surface area (Å²) in [6.45, 7) is 5.33. The zero-order valence-corrected chi connectivity index (χ0v) is 24.0. The number of hydrogen-bond donors (Lipinski definition) is 2. The Morgan fingerprint density at radius 3 is 2.76 bits per heavy atom. The van der Waals surface area contributed by atoms with E-state index in [0.29, 0.717) is 66.3 Å². The summed E-state index contributed by atoms with van der Waals surface area (Å²) in [5.74, 6) is 0.148. The highest BCUT2D eigenvalue weighted by atomic mass is 35.5. The molecule has 13 heteroatoms. The number of pyridine rings is 1. The number of amides is 1. The molecule has 2 fully saturated rings. The van der Waals surface area contributed by atoms with Gasteiger partial charge in [-0.2, -0.15) is 15.0 Å². The molecule has 1 saturated carbocycles. The fraction of sp³-hybridized carbons (Fsp3) is 0.379. The van der Waals surface area contributed by atoms with Crippen LogP contribution in [0.15, 0.2) is 42.9 Å². The Hall–Kier alpha value is -4.13. The Labute approximate surface area is 246 Å². The number of nitrogens with zero attached hydrogens (tertiary/aromatic N) is 8. The quantitative estimate of drug-likeness (QED) is 0.288. The molecule has 2 N–H and O–H groups in total. The summed E-state index contributed by atoms with van der Waals surface area (Å²) < 4.78 is 8.85. The van der Waals surface area contributed by atoms with Crippen molar-refractivity contribution in [3.63, 3.8) is 0 Å². The first-order valence-corrected chi connectivity index (χ1v) is 14.4. The third-order valence-corrected chi connectivity index (χ3v) is 8.32. The molecule has 0 bridgehead atoms. The van der Waals surface area contributed by atoms with Crippen LogP contribution < -0.4 is 5.32 Å². The van der Waals surface area contributed by atoms with Crippen LogP contribution in [0.2, 0.25) is 5.02 Å². The lowest BCUT2D eigenvalue weighted by molar-refractivity contribution is -0.0745. The van der Waals surface area contributed by atoms with Gasteiger partial charge in [0.15, 0.2) is 0 Å². The molecule has 0 radical (unpaired) electrons. The van der Waals surface area contributed by atoms with E-state index in [1.54, 1.807) is 26.1 Å². The van der Waals surface area contributed by atoms with Crippen molar-refractivity contribution in [1.29, 1.82) is 0 Å². The molecule has 1 aromatic carbocycles. The van der Waals surface area contributed by atoms with Gasteiger partial charge in [0.25, 0.3) is 5.91 Å². The second-order valence-electron chi connectivity index (χ2n) is 11.2. The zero-order chi connectivity index (χ0) is 29.0. The fourth-order valence-corrected chi connectivity index (χ4v) is 5.67. The fourth-order valence-electron chi connectivity index (χ4n) is 5.41. The Bertz CT molecular complexity index is 1810.